The number of ether oxygens (including phenoxy) is 1. The summed E-state index contributed by atoms with van der Waals surface area (Å²) in [6.45, 7) is 3.97. The zero-order valence-corrected chi connectivity index (χ0v) is 11.5. The van der Waals surface area contributed by atoms with Crippen LogP contribution in [0.3, 0.4) is 0 Å². The Kier molecular flexibility index (Phi) is 4.90. The quantitative estimate of drug-likeness (QED) is 0.746. The molecule has 19 heavy (non-hydrogen) atoms. The molecule has 0 unspecified atom stereocenters. The van der Waals surface area contributed by atoms with Crippen LogP contribution in [0.25, 0.3) is 0 Å². The Morgan fingerprint density at radius 3 is 2.84 bits per heavy atom. The molecular formula is C13H22N4O2. The highest BCUT2D eigenvalue weighted by atomic mass is 16.5. The van der Waals surface area contributed by atoms with Gasteiger partial charge in [0.25, 0.3) is 0 Å². The second kappa shape index (κ2) is 6.65. The molecule has 0 saturated heterocycles. The van der Waals surface area contributed by atoms with Gasteiger partial charge in [0.2, 0.25) is 5.91 Å². The molecule has 1 heterocycles. The topological polar surface area (TPSA) is 83.0 Å². The summed E-state index contributed by atoms with van der Waals surface area (Å²) in [4.78, 5) is 11.1. The predicted octanol–water partition coefficient (Wildman–Crippen LogP) is 1.000. The first-order chi connectivity index (χ1) is 9.22. The number of rotatable bonds is 7. The summed E-state index contributed by atoms with van der Waals surface area (Å²) in [7, 11) is 0. The number of amides is 1. The van der Waals surface area contributed by atoms with E-state index < -0.39 is 0 Å². The van der Waals surface area contributed by atoms with E-state index in [1.807, 2.05) is 11.6 Å². The van der Waals surface area contributed by atoms with Crippen LogP contribution in [0.2, 0.25) is 0 Å². The van der Waals surface area contributed by atoms with Crippen LogP contribution in [0.1, 0.15) is 49.9 Å². The minimum absolute atomic E-state index is 0.181. The zero-order valence-electron chi connectivity index (χ0n) is 11.5. The molecule has 0 radical (unpaired) electrons. The van der Waals surface area contributed by atoms with Crippen molar-refractivity contribution in [3.63, 3.8) is 0 Å². The molecule has 1 saturated carbocycles. The normalized spacial score (nSPS) is 16.1. The fourth-order valence-corrected chi connectivity index (χ4v) is 2.75. The fourth-order valence-electron chi connectivity index (χ4n) is 2.75. The van der Waals surface area contributed by atoms with E-state index in [0.717, 1.165) is 24.2 Å². The van der Waals surface area contributed by atoms with Gasteiger partial charge in [-0.05, 0) is 19.8 Å². The highest BCUT2D eigenvalue weighted by Gasteiger charge is 2.26. The van der Waals surface area contributed by atoms with Gasteiger partial charge >= 0.3 is 0 Å². The van der Waals surface area contributed by atoms with Gasteiger partial charge in [0.15, 0.2) is 0 Å². The van der Waals surface area contributed by atoms with Crippen molar-refractivity contribution in [2.75, 3.05) is 13.2 Å². The van der Waals surface area contributed by atoms with Crippen molar-refractivity contribution >= 4 is 5.91 Å². The largest absolute Gasteiger partial charge is 0.380 e. The van der Waals surface area contributed by atoms with Crippen molar-refractivity contribution in [1.82, 2.24) is 15.0 Å². The first-order valence-corrected chi connectivity index (χ1v) is 7.00. The van der Waals surface area contributed by atoms with Gasteiger partial charge in [-0.1, -0.05) is 18.1 Å². The van der Waals surface area contributed by atoms with Crippen molar-refractivity contribution in [3.05, 3.63) is 11.4 Å². The van der Waals surface area contributed by atoms with E-state index in [9.17, 15) is 4.79 Å². The van der Waals surface area contributed by atoms with Gasteiger partial charge in [0, 0.05) is 12.5 Å². The molecule has 0 aromatic carbocycles. The SMILES string of the molecule is CCOCCn1nnc(CC(N)=O)c1C1CCCC1. The number of hydrogen-bond acceptors (Lipinski definition) is 4. The average Bonchev–Trinajstić information content (AvgIpc) is 2.98. The van der Waals surface area contributed by atoms with E-state index in [1.54, 1.807) is 0 Å². The molecule has 1 amide bonds. The first kappa shape index (κ1) is 14.0. The minimum atomic E-state index is -0.351. The average molecular weight is 266 g/mol. The number of carbonyl (C=O) groups excluding carboxylic acids is 1. The van der Waals surface area contributed by atoms with Gasteiger partial charge in [0.05, 0.1) is 31.0 Å². The van der Waals surface area contributed by atoms with Crippen LogP contribution in [-0.2, 0) is 22.5 Å². The van der Waals surface area contributed by atoms with Gasteiger partial charge in [0.1, 0.15) is 0 Å². The van der Waals surface area contributed by atoms with Crippen LogP contribution in [-0.4, -0.2) is 34.1 Å². The molecule has 0 aliphatic heterocycles. The van der Waals surface area contributed by atoms with Gasteiger partial charge in [-0.2, -0.15) is 0 Å². The van der Waals surface area contributed by atoms with E-state index in [4.69, 9.17) is 10.5 Å². The van der Waals surface area contributed by atoms with Gasteiger partial charge in [-0.15, -0.1) is 5.10 Å². The first-order valence-electron chi connectivity index (χ1n) is 7.00. The third-order valence-electron chi connectivity index (χ3n) is 3.58. The summed E-state index contributed by atoms with van der Waals surface area (Å²) in [6, 6.07) is 0. The Morgan fingerprint density at radius 2 is 2.21 bits per heavy atom. The molecule has 6 nitrogen and oxygen atoms in total. The van der Waals surface area contributed by atoms with Crippen molar-refractivity contribution < 1.29 is 9.53 Å². The lowest BCUT2D eigenvalue weighted by Gasteiger charge is -2.13. The standard InChI is InChI=1S/C13H22N4O2/c1-2-19-8-7-17-13(10-5-3-4-6-10)11(15-16-17)9-12(14)18/h10H,2-9H2,1H3,(H2,14,18). The maximum absolute atomic E-state index is 11.1. The highest BCUT2D eigenvalue weighted by Crippen LogP contribution is 2.35. The molecule has 0 atom stereocenters. The minimum Gasteiger partial charge on any atom is -0.380 e. The molecule has 0 spiro atoms. The molecule has 2 rings (SSSR count). The van der Waals surface area contributed by atoms with Crippen LogP contribution in [0.15, 0.2) is 0 Å². The van der Waals surface area contributed by atoms with E-state index in [2.05, 4.69) is 10.3 Å². The van der Waals surface area contributed by atoms with Crippen molar-refractivity contribution in [2.45, 2.75) is 51.5 Å². The van der Waals surface area contributed by atoms with Crippen molar-refractivity contribution in [1.29, 1.82) is 0 Å². The summed E-state index contributed by atoms with van der Waals surface area (Å²) in [5.41, 5.74) is 7.12. The number of carbonyl (C=O) groups is 1. The number of aromatic nitrogens is 3. The summed E-state index contributed by atoms with van der Waals surface area (Å²) in [5.74, 6) is 0.113. The Hall–Kier alpha value is -1.43. The number of primary amides is 1. The maximum atomic E-state index is 11.1. The molecule has 1 fully saturated rings. The number of nitrogens with two attached hydrogens (primary N) is 1. The molecule has 1 aliphatic carbocycles. The number of hydrogen-bond donors (Lipinski definition) is 1. The third-order valence-corrected chi connectivity index (χ3v) is 3.58. The Bertz CT molecular complexity index is 424. The summed E-state index contributed by atoms with van der Waals surface area (Å²) < 4.78 is 7.26. The summed E-state index contributed by atoms with van der Waals surface area (Å²) >= 11 is 0. The Labute approximate surface area is 113 Å². The van der Waals surface area contributed by atoms with Crippen LogP contribution in [0.4, 0.5) is 0 Å². The molecule has 106 valence electrons. The van der Waals surface area contributed by atoms with Crippen molar-refractivity contribution in [3.8, 4) is 0 Å². The number of nitrogens with zero attached hydrogens (tertiary/aromatic N) is 3. The highest BCUT2D eigenvalue weighted by molar-refractivity contribution is 5.76. The van der Waals surface area contributed by atoms with Crippen LogP contribution in [0.5, 0.6) is 0 Å². The molecular weight excluding hydrogens is 244 g/mol. The molecule has 6 heteroatoms. The van der Waals surface area contributed by atoms with E-state index in [1.165, 1.54) is 12.8 Å². The third kappa shape index (κ3) is 3.53. The van der Waals surface area contributed by atoms with E-state index in [-0.39, 0.29) is 12.3 Å². The lowest BCUT2D eigenvalue weighted by atomic mass is 10.0. The Morgan fingerprint density at radius 1 is 1.47 bits per heavy atom. The maximum Gasteiger partial charge on any atom is 0.223 e. The molecule has 1 aromatic heterocycles. The second-order valence-corrected chi connectivity index (χ2v) is 4.97. The zero-order chi connectivity index (χ0) is 13.7. The van der Waals surface area contributed by atoms with E-state index in [0.29, 0.717) is 25.7 Å². The Balaban J connectivity index is 2.16. The fraction of sp³-hybridized carbons (Fsp3) is 0.769. The van der Waals surface area contributed by atoms with Gasteiger partial charge < -0.3 is 10.5 Å². The van der Waals surface area contributed by atoms with Gasteiger partial charge in [-0.3, -0.25) is 4.79 Å². The van der Waals surface area contributed by atoms with Crippen LogP contribution in [0, 0.1) is 0 Å². The van der Waals surface area contributed by atoms with Gasteiger partial charge in [-0.25, -0.2) is 4.68 Å². The smallest absolute Gasteiger partial charge is 0.223 e. The summed E-state index contributed by atoms with van der Waals surface area (Å²) in [6.07, 6.45) is 4.94. The molecule has 1 aromatic rings. The van der Waals surface area contributed by atoms with Crippen LogP contribution < -0.4 is 5.73 Å². The molecule has 2 N–H and O–H groups in total. The lowest BCUT2D eigenvalue weighted by Crippen LogP contribution is -2.17. The monoisotopic (exact) mass is 266 g/mol. The van der Waals surface area contributed by atoms with E-state index >= 15 is 0 Å². The lowest BCUT2D eigenvalue weighted by molar-refractivity contribution is -0.117. The summed E-state index contributed by atoms with van der Waals surface area (Å²) in [5, 5.41) is 8.30. The molecule has 1 aliphatic rings. The van der Waals surface area contributed by atoms with Crippen molar-refractivity contribution in [2.24, 2.45) is 5.73 Å². The molecule has 0 bridgehead atoms. The second-order valence-electron chi connectivity index (χ2n) is 4.97. The van der Waals surface area contributed by atoms with Crippen LogP contribution >= 0.6 is 0 Å². The predicted molar refractivity (Wildman–Crippen MR) is 70.6 cm³/mol.